The fraction of sp³-hybridized carbons (Fsp3) is 0.640. The van der Waals surface area contributed by atoms with E-state index in [0.29, 0.717) is 30.9 Å². The van der Waals surface area contributed by atoms with E-state index in [2.05, 4.69) is 12.4 Å². The number of allylic oxidation sites excluding steroid dienone is 1. The van der Waals surface area contributed by atoms with Crippen molar-refractivity contribution in [2.75, 3.05) is 18.1 Å². The van der Waals surface area contributed by atoms with Gasteiger partial charge < -0.3 is 9.94 Å². The van der Waals surface area contributed by atoms with Crippen LogP contribution in [0.2, 0.25) is 0 Å². The highest BCUT2D eigenvalue weighted by atomic mass is 32.2. The number of halogens is 1. The summed E-state index contributed by atoms with van der Waals surface area (Å²) in [6, 6.07) is 6.35. The second-order valence-electron chi connectivity index (χ2n) is 8.82. The van der Waals surface area contributed by atoms with Crippen molar-refractivity contribution in [2.24, 2.45) is 11.8 Å². The van der Waals surface area contributed by atoms with Gasteiger partial charge in [-0.3, -0.25) is 4.79 Å². The Hall–Kier alpha value is -1.37. The Balaban J connectivity index is 1.46. The van der Waals surface area contributed by atoms with Crippen LogP contribution in [-0.4, -0.2) is 35.0 Å². The number of aliphatic hydroxyl groups excluding tert-OH is 1. The van der Waals surface area contributed by atoms with Gasteiger partial charge in [-0.05, 0) is 79.6 Å². The maximum Gasteiger partial charge on any atom is 0.164 e. The van der Waals surface area contributed by atoms with Gasteiger partial charge in [0.15, 0.2) is 5.78 Å². The zero-order valence-electron chi connectivity index (χ0n) is 18.6. The van der Waals surface area contributed by atoms with Gasteiger partial charge in [-0.2, -0.15) is 17.2 Å². The fourth-order valence-electron chi connectivity index (χ4n) is 4.67. The van der Waals surface area contributed by atoms with Crippen molar-refractivity contribution in [3.05, 3.63) is 47.0 Å². The molecule has 1 aliphatic carbocycles. The topological polar surface area (TPSA) is 58.6 Å². The Morgan fingerprint density at radius 1 is 1.23 bits per heavy atom. The summed E-state index contributed by atoms with van der Waals surface area (Å²) in [5.74, 6) is 3.28. The number of Topliss-reactive ketones (excluding diaryl/α,β-unsaturated/α-hetero) is 1. The van der Waals surface area contributed by atoms with Gasteiger partial charge in [0.2, 0.25) is 0 Å². The van der Waals surface area contributed by atoms with Gasteiger partial charge in [0.25, 0.3) is 0 Å². The zero-order valence-corrected chi connectivity index (χ0v) is 19.4. The third-order valence-electron chi connectivity index (χ3n) is 6.40. The van der Waals surface area contributed by atoms with Crippen molar-refractivity contribution < 1.29 is 19.1 Å². The molecule has 0 aromatic heterocycles. The van der Waals surface area contributed by atoms with Gasteiger partial charge in [0, 0.05) is 12.8 Å². The van der Waals surface area contributed by atoms with Crippen LogP contribution in [0.25, 0.3) is 0 Å². The highest BCUT2D eigenvalue weighted by molar-refractivity contribution is 7.99. The maximum atomic E-state index is 13.0. The van der Waals surface area contributed by atoms with E-state index in [9.17, 15) is 14.3 Å². The van der Waals surface area contributed by atoms with Gasteiger partial charge in [-0.1, -0.05) is 25.5 Å². The van der Waals surface area contributed by atoms with Crippen LogP contribution < -0.4 is 5.48 Å². The smallest absolute Gasteiger partial charge is 0.164 e. The van der Waals surface area contributed by atoms with Crippen LogP contribution in [0.5, 0.6) is 0 Å². The number of hydrogen-bond acceptors (Lipinski definition) is 5. The molecule has 0 amide bonds. The van der Waals surface area contributed by atoms with Crippen LogP contribution in [0.15, 0.2) is 35.6 Å². The molecule has 2 N–H and O–H groups in total. The van der Waals surface area contributed by atoms with Crippen LogP contribution in [0, 0.1) is 17.7 Å². The molecule has 1 aromatic carbocycles. The highest BCUT2D eigenvalue weighted by Crippen LogP contribution is 2.38. The minimum absolute atomic E-state index is 0.0789. The minimum atomic E-state index is -0.253. The molecule has 0 spiro atoms. The number of hydroxylamine groups is 1. The lowest BCUT2D eigenvalue weighted by atomic mass is 9.76. The van der Waals surface area contributed by atoms with Gasteiger partial charge in [0.05, 0.1) is 18.2 Å². The molecule has 1 fully saturated rings. The van der Waals surface area contributed by atoms with Gasteiger partial charge >= 0.3 is 0 Å². The van der Waals surface area contributed by atoms with Crippen molar-refractivity contribution in [3.63, 3.8) is 0 Å². The molecule has 1 aromatic rings. The number of aliphatic hydroxyl groups is 1. The number of benzene rings is 1. The number of aryl methyl sites for hydroxylation is 1. The van der Waals surface area contributed by atoms with Crippen LogP contribution >= 0.6 is 11.8 Å². The number of hydrogen-bond donors (Lipinski definition) is 2. The predicted octanol–water partition coefficient (Wildman–Crippen LogP) is 5.77. The second kappa shape index (κ2) is 12.6. The number of rotatable bonds is 11. The van der Waals surface area contributed by atoms with E-state index in [-0.39, 0.29) is 29.3 Å². The molecule has 6 heteroatoms. The van der Waals surface area contributed by atoms with Gasteiger partial charge in [-0.25, -0.2) is 4.39 Å². The zero-order chi connectivity index (χ0) is 22.1. The molecule has 1 aliphatic heterocycles. The normalized spacial score (nSPS) is 23.2. The fourth-order valence-corrected chi connectivity index (χ4v) is 5.95. The minimum Gasteiger partial charge on any atom is -0.512 e. The predicted molar refractivity (Wildman–Crippen MR) is 125 cm³/mol. The Morgan fingerprint density at radius 3 is 2.71 bits per heavy atom. The first-order valence-corrected chi connectivity index (χ1v) is 12.9. The van der Waals surface area contributed by atoms with Gasteiger partial charge in [-0.15, -0.1) is 0 Å². The molecule has 0 radical (unpaired) electrons. The largest absolute Gasteiger partial charge is 0.512 e. The molecule has 3 unspecified atom stereocenters. The molecule has 0 saturated carbocycles. The molecule has 4 nitrogen and oxygen atoms in total. The lowest BCUT2D eigenvalue weighted by Gasteiger charge is -2.34. The summed E-state index contributed by atoms with van der Waals surface area (Å²) in [5, 5.41) is 10.8. The van der Waals surface area contributed by atoms with E-state index in [1.165, 1.54) is 30.7 Å². The summed E-state index contributed by atoms with van der Waals surface area (Å²) in [7, 11) is 0. The summed E-state index contributed by atoms with van der Waals surface area (Å²) in [6.45, 7) is 2.61. The molecular weight excluding hydrogens is 413 g/mol. The summed E-state index contributed by atoms with van der Waals surface area (Å²) < 4.78 is 13.0. The molecule has 3 atom stereocenters. The Kier molecular flexibility index (Phi) is 9.88. The summed E-state index contributed by atoms with van der Waals surface area (Å²) in [5.41, 5.74) is 4.71. The molecule has 1 saturated heterocycles. The third-order valence-corrected chi connectivity index (χ3v) is 7.64. The van der Waals surface area contributed by atoms with E-state index in [1.807, 2.05) is 23.9 Å². The number of thioether (sulfide) groups is 1. The number of ketones is 1. The SMILES string of the molecule is CCCC(NOCCCCc1ccc(F)cc1)C1=C(O)CC(C2CCCSC2)CC1=O. The number of carbonyl (C=O) groups is 1. The number of unbranched alkanes of at least 4 members (excludes halogenated alkanes) is 1. The van der Waals surface area contributed by atoms with Crippen LogP contribution in [0.4, 0.5) is 4.39 Å². The quantitative estimate of drug-likeness (QED) is 0.332. The molecular formula is C25H36FNO3S. The van der Waals surface area contributed by atoms with Crippen LogP contribution in [-0.2, 0) is 16.1 Å². The Labute approximate surface area is 190 Å². The summed E-state index contributed by atoms with van der Waals surface area (Å²) in [4.78, 5) is 18.6. The van der Waals surface area contributed by atoms with Crippen molar-refractivity contribution in [2.45, 2.75) is 70.8 Å². The highest BCUT2D eigenvalue weighted by Gasteiger charge is 2.36. The van der Waals surface area contributed by atoms with Crippen molar-refractivity contribution in [1.29, 1.82) is 0 Å². The van der Waals surface area contributed by atoms with E-state index in [1.54, 1.807) is 0 Å². The summed E-state index contributed by atoms with van der Waals surface area (Å²) >= 11 is 1.97. The molecule has 2 aliphatic rings. The van der Waals surface area contributed by atoms with E-state index in [0.717, 1.165) is 43.4 Å². The lowest BCUT2D eigenvalue weighted by molar-refractivity contribution is -0.118. The van der Waals surface area contributed by atoms with Gasteiger partial charge in [0.1, 0.15) is 11.6 Å². The first kappa shape index (κ1) is 24.3. The first-order chi connectivity index (χ1) is 15.1. The average Bonchev–Trinajstić information content (AvgIpc) is 2.77. The molecule has 3 rings (SSSR count). The molecule has 172 valence electrons. The number of carbonyl (C=O) groups excluding carboxylic acids is 1. The second-order valence-corrected chi connectivity index (χ2v) is 9.97. The Morgan fingerprint density at radius 2 is 2.03 bits per heavy atom. The van der Waals surface area contributed by atoms with Crippen molar-refractivity contribution in [3.8, 4) is 0 Å². The molecule has 1 heterocycles. The van der Waals surface area contributed by atoms with E-state index < -0.39 is 0 Å². The Bertz CT molecular complexity index is 731. The standard InChI is InChI=1S/C25H36FNO3S/c1-2-6-22(27-30-13-4-3-7-18-9-11-21(26)12-10-18)25-23(28)15-20(16-24(25)29)19-8-5-14-31-17-19/h9-12,19-20,22,27-28H,2-8,13-17H2,1H3. The van der Waals surface area contributed by atoms with Crippen molar-refractivity contribution >= 4 is 17.5 Å². The van der Waals surface area contributed by atoms with Crippen molar-refractivity contribution in [1.82, 2.24) is 5.48 Å². The third kappa shape index (κ3) is 7.33. The lowest BCUT2D eigenvalue weighted by Crippen LogP contribution is -2.39. The number of nitrogens with one attached hydrogen (secondary N) is 1. The van der Waals surface area contributed by atoms with E-state index in [4.69, 9.17) is 4.84 Å². The molecule has 31 heavy (non-hydrogen) atoms. The van der Waals surface area contributed by atoms with E-state index >= 15 is 0 Å². The first-order valence-electron chi connectivity index (χ1n) is 11.7. The van der Waals surface area contributed by atoms with Crippen LogP contribution in [0.1, 0.15) is 63.9 Å². The average molecular weight is 450 g/mol. The monoisotopic (exact) mass is 449 g/mol. The maximum absolute atomic E-state index is 13.0. The van der Waals surface area contributed by atoms with Crippen LogP contribution in [0.3, 0.4) is 0 Å². The summed E-state index contributed by atoms with van der Waals surface area (Å²) in [6.07, 6.45) is 7.90. The molecule has 0 bridgehead atoms.